The second-order valence-corrected chi connectivity index (χ2v) is 4.72. The van der Waals surface area contributed by atoms with Crippen molar-refractivity contribution < 1.29 is 9.18 Å². The topological polar surface area (TPSA) is 41.1 Å². The van der Waals surface area contributed by atoms with E-state index in [2.05, 4.69) is 24.5 Å². The van der Waals surface area contributed by atoms with Crippen LogP contribution in [0.2, 0.25) is 0 Å². The highest BCUT2D eigenvalue weighted by atomic mass is 19.1. The summed E-state index contributed by atoms with van der Waals surface area (Å²) >= 11 is 0. The summed E-state index contributed by atoms with van der Waals surface area (Å²) in [5.41, 5.74) is 0.699. The second kappa shape index (κ2) is 7.69. The largest absolute Gasteiger partial charge is 0.384 e. The Labute approximate surface area is 108 Å². The fraction of sp³-hybridized carbons (Fsp3) is 0.500. The predicted molar refractivity (Wildman–Crippen MR) is 72.0 cm³/mol. The highest BCUT2D eigenvalue weighted by Crippen LogP contribution is 2.08. The molecule has 2 N–H and O–H groups in total. The highest BCUT2D eigenvalue weighted by molar-refractivity contribution is 5.76. The Morgan fingerprint density at radius 1 is 1.33 bits per heavy atom. The number of hydrogen-bond donors (Lipinski definition) is 2. The zero-order valence-electron chi connectivity index (χ0n) is 11.0. The normalized spacial score (nSPS) is 10.4. The average Bonchev–Trinajstić information content (AvgIpc) is 2.28. The Bertz CT molecular complexity index is 380. The van der Waals surface area contributed by atoms with Crippen molar-refractivity contribution in [2.75, 3.05) is 18.4 Å². The number of carbonyl (C=O) groups excluding carboxylic acids is 1. The van der Waals surface area contributed by atoms with Gasteiger partial charge in [-0.1, -0.05) is 19.9 Å². The first-order valence-electron chi connectivity index (χ1n) is 6.34. The monoisotopic (exact) mass is 252 g/mol. The predicted octanol–water partition coefficient (Wildman–Crippen LogP) is 2.79. The molecule has 0 fully saturated rings. The summed E-state index contributed by atoms with van der Waals surface area (Å²) in [5.74, 6) is 0.344. The van der Waals surface area contributed by atoms with Crippen LogP contribution in [-0.2, 0) is 4.79 Å². The third-order valence-corrected chi connectivity index (χ3v) is 2.55. The Morgan fingerprint density at radius 3 is 2.78 bits per heavy atom. The molecule has 0 saturated heterocycles. The summed E-state index contributed by atoms with van der Waals surface area (Å²) < 4.78 is 12.9. The fourth-order valence-electron chi connectivity index (χ4n) is 1.51. The molecule has 4 heteroatoms. The molecule has 1 aromatic rings. The first-order valence-corrected chi connectivity index (χ1v) is 6.34. The van der Waals surface area contributed by atoms with Crippen molar-refractivity contribution in [1.82, 2.24) is 5.32 Å². The zero-order valence-corrected chi connectivity index (χ0v) is 11.0. The van der Waals surface area contributed by atoms with Crippen molar-refractivity contribution in [3.63, 3.8) is 0 Å². The van der Waals surface area contributed by atoms with E-state index in [1.165, 1.54) is 12.1 Å². The van der Waals surface area contributed by atoms with Gasteiger partial charge < -0.3 is 10.6 Å². The van der Waals surface area contributed by atoms with Gasteiger partial charge in [0.05, 0.1) is 0 Å². The van der Waals surface area contributed by atoms with Crippen LogP contribution >= 0.6 is 0 Å². The quantitative estimate of drug-likeness (QED) is 0.783. The summed E-state index contributed by atoms with van der Waals surface area (Å²) in [6, 6.07) is 6.22. The van der Waals surface area contributed by atoms with Crippen LogP contribution < -0.4 is 10.6 Å². The van der Waals surface area contributed by atoms with Gasteiger partial charge in [-0.05, 0) is 30.5 Å². The van der Waals surface area contributed by atoms with Gasteiger partial charge in [-0.25, -0.2) is 4.39 Å². The van der Waals surface area contributed by atoms with Gasteiger partial charge in [0.2, 0.25) is 5.91 Å². The van der Waals surface area contributed by atoms with E-state index in [0.29, 0.717) is 24.6 Å². The minimum atomic E-state index is -0.276. The first-order chi connectivity index (χ1) is 8.58. The lowest BCUT2D eigenvalue weighted by atomic mass is 10.1. The van der Waals surface area contributed by atoms with E-state index in [1.807, 2.05) is 0 Å². The molecule has 0 bridgehead atoms. The van der Waals surface area contributed by atoms with E-state index in [9.17, 15) is 9.18 Å². The maximum absolute atomic E-state index is 12.9. The molecule has 0 aromatic heterocycles. The van der Waals surface area contributed by atoms with Gasteiger partial charge in [0.25, 0.3) is 0 Å². The lowest BCUT2D eigenvalue weighted by Crippen LogP contribution is -2.27. The van der Waals surface area contributed by atoms with Crippen LogP contribution in [0, 0.1) is 11.7 Å². The summed E-state index contributed by atoms with van der Waals surface area (Å²) in [6.45, 7) is 5.47. The fourth-order valence-corrected chi connectivity index (χ4v) is 1.51. The number of anilines is 1. The van der Waals surface area contributed by atoms with Crippen molar-refractivity contribution >= 4 is 11.6 Å². The Morgan fingerprint density at radius 2 is 2.11 bits per heavy atom. The van der Waals surface area contributed by atoms with Crippen molar-refractivity contribution in [2.24, 2.45) is 5.92 Å². The molecule has 1 aromatic carbocycles. The maximum Gasteiger partial charge on any atom is 0.221 e. The molecule has 0 aliphatic heterocycles. The molecule has 0 aliphatic rings. The van der Waals surface area contributed by atoms with Gasteiger partial charge in [-0.3, -0.25) is 4.79 Å². The molecule has 0 radical (unpaired) electrons. The zero-order chi connectivity index (χ0) is 13.4. The van der Waals surface area contributed by atoms with Gasteiger partial charge in [-0.2, -0.15) is 0 Å². The molecule has 1 amide bonds. The van der Waals surface area contributed by atoms with Crippen LogP contribution in [0.4, 0.5) is 10.1 Å². The molecule has 0 spiro atoms. The van der Waals surface area contributed by atoms with Gasteiger partial charge in [0.1, 0.15) is 5.82 Å². The average molecular weight is 252 g/mol. The van der Waals surface area contributed by atoms with Crippen molar-refractivity contribution in [3.8, 4) is 0 Å². The minimum absolute atomic E-state index is 0.0274. The molecule has 0 saturated carbocycles. The third kappa shape index (κ3) is 6.23. The van der Waals surface area contributed by atoms with E-state index in [1.54, 1.807) is 12.1 Å². The van der Waals surface area contributed by atoms with Crippen LogP contribution in [0.15, 0.2) is 24.3 Å². The molecule has 100 valence electrons. The number of rotatable bonds is 7. The summed E-state index contributed by atoms with van der Waals surface area (Å²) in [5, 5.41) is 5.87. The van der Waals surface area contributed by atoms with E-state index < -0.39 is 0 Å². The van der Waals surface area contributed by atoms with Crippen molar-refractivity contribution in [2.45, 2.75) is 26.7 Å². The molecular formula is C14H21FN2O. The van der Waals surface area contributed by atoms with Crippen molar-refractivity contribution in [3.05, 3.63) is 30.1 Å². The molecule has 3 nitrogen and oxygen atoms in total. The molecule has 0 heterocycles. The van der Waals surface area contributed by atoms with Gasteiger partial charge in [-0.15, -0.1) is 0 Å². The molecule has 0 unspecified atom stereocenters. The van der Waals surface area contributed by atoms with Crippen molar-refractivity contribution in [1.29, 1.82) is 0 Å². The maximum atomic E-state index is 12.9. The Hall–Kier alpha value is -1.58. The van der Waals surface area contributed by atoms with Crippen LogP contribution in [0.3, 0.4) is 0 Å². The standard InChI is InChI=1S/C14H21FN2O/c1-11(2)6-8-17-14(18)7-9-16-13-5-3-4-12(15)10-13/h3-5,10-11,16H,6-9H2,1-2H3,(H,17,18). The number of halogens is 1. The van der Waals surface area contributed by atoms with E-state index >= 15 is 0 Å². The number of hydrogen-bond acceptors (Lipinski definition) is 2. The molecular weight excluding hydrogens is 231 g/mol. The second-order valence-electron chi connectivity index (χ2n) is 4.72. The van der Waals surface area contributed by atoms with Gasteiger partial charge in [0.15, 0.2) is 0 Å². The third-order valence-electron chi connectivity index (χ3n) is 2.55. The number of nitrogens with one attached hydrogen (secondary N) is 2. The van der Waals surface area contributed by atoms with E-state index in [-0.39, 0.29) is 11.7 Å². The minimum Gasteiger partial charge on any atom is -0.384 e. The lowest BCUT2D eigenvalue weighted by molar-refractivity contribution is -0.120. The van der Waals surface area contributed by atoms with Gasteiger partial charge >= 0.3 is 0 Å². The number of amides is 1. The van der Waals surface area contributed by atoms with Crippen LogP contribution in [0.25, 0.3) is 0 Å². The summed E-state index contributed by atoms with van der Waals surface area (Å²) in [4.78, 5) is 11.5. The van der Waals surface area contributed by atoms with Crippen LogP contribution in [-0.4, -0.2) is 19.0 Å². The molecule has 1 rings (SSSR count). The molecule has 0 aliphatic carbocycles. The van der Waals surface area contributed by atoms with E-state index in [0.717, 1.165) is 13.0 Å². The van der Waals surface area contributed by atoms with E-state index in [4.69, 9.17) is 0 Å². The van der Waals surface area contributed by atoms with Crippen LogP contribution in [0.5, 0.6) is 0 Å². The molecule has 0 atom stereocenters. The SMILES string of the molecule is CC(C)CCNC(=O)CCNc1cccc(F)c1. The van der Waals surface area contributed by atoms with Gasteiger partial charge in [0, 0.05) is 25.2 Å². The number of carbonyl (C=O) groups is 1. The first kappa shape index (κ1) is 14.5. The summed E-state index contributed by atoms with van der Waals surface area (Å²) in [6.07, 6.45) is 1.39. The lowest BCUT2D eigenvalue weighted by Gasteiger charge is -2.08. The van der Waals surface area contributed by atoms with Crippen LogP contribution in [0.1, 0.15) is 26.7 Å². The Kier molecular flexibility index (Phi) is 6.19. The smallest absolute Gasteiger partial charge is 0.221 e. The highest BCUT2D eigenvalue weighted by Gasteiger charge is 2.01. The Balaban J connectivity index is 2.15. The molecule has 18 heavy (non-hydrogen) atoms. The summed E-state index contributed by atoms with van der Waals surface area (Å²) in [7, 11) is 0. The number of benzene rings is 1.